The average Bonchev–Trinajstić information content (AvgIpc) is 2.62. The van der Waals surface area contributed by atoms with Gasteiger partial charge in [0.2, 0.25) is 10.0 Å². The fourth-order valence-electron chi connectivity index (χ4n) is 3.03. The number of halogens is 1. The van der Waals surface area contributed by atoms with E-state index in [1.54, 1.807) is 0 Å². The summed E-state index contributed by atoms with van der Waals surface area (Å²) >= 11 is 0. The Morgan fingerprint density at radius 3 is 2.57 bits per heavy atom. The monoisotopic (exact) mass is 417 g/mol. The van der Waals surface area contributed by atoms with Crippen molar-refractivity contribution in [2.75, 3.05) is 13.2 Å². The third-order valence-corrected chi connectivity index (χ3v) is 5.89. The van der Waals surface area contributed by atoms with Crippen LogP contribution in [0, 0.1) is 5.82 Å². The maximum absolute atomic E-state index is 12.9. The number of benzene rings is 1. The maximum atomic E-state index is 12.9. The smallest absolute Gasteiger partial charge is 0.315 e. The first-order valence-corrected chi connectivity index (χ1v) is 10.8. The predicted molar refractivity (Wildman–Crippen MR) is 102 cm³/mol. The minimum atomic E-state index is -3.72. The zero-order valence-corrected chi connectivity index (χ0v) is 16.8. The minimum Gasteiger partial charge on any atom is -0.394 e. The van der Waals surface area contributed by atoms with Crippen molar-refractivity contribution in [2.45, 2.75) is 62.3 Å². The van der Waals surface area contributed by atoms with Crippen LogP contribution in [0.1, 0.15) is 33.1 Å². The van der Waals surface area contributed by atoms with Crippen molar-refractivity contribution < 1.29 is 27.4 Å². The lowest BCUT2D eigenvalue weighted by Crippen LogP contribution is -2.54. The lowest BCUT2D eigenvalue weighted by molar-refractivity contribution is -0.0886. The summed E-state index contributed by atoms with van der Waals surface area (Å²) in [7, 11) is -3.72. The number of rotatable bonds is 8. The summed E-state index contributed by atoms with van der Waals surface area (Å²) in [6, 6.07) is 3.97. The van der Waals surface area contributed by atoms with Crippen molar-refractivity contribution in [3.63, 3.8) is 0 Å². The van der Waals surface area contributed by atoms with Gasteiger partial charge in [0.05, 0.1) is 23.6 Å². The molecule has 8 nitrogen and oxygen atoms in total. The highest BCUT2D eigenvalue weighted by Gasteiger charge is 2.32. The summed E-state index contributed by atoms with van der Waals surface area (Å²) in [6.45, 7) is 3.60. The number of hydrogen-bond acceptors (Lipinski definition) is 5. The van der Waals surface area contributed by atoms with Gasteiger partial charge in [-0.3, -0.25) is 0 Å². The second-order valence-corrected chi connectivity index (χ2v) is 8.84. The fourth-order valence-corrected chi connectivity index (χ4v) is 4.08. The lowest BCUT2D eigenvalue weighted by Gasteiger charge is -2.36. The van der Waals surface area contributed by atoms with E-state index in [0.29, 0.717) is 19.3 Å². The number of carbonyl (C=O) groups excluding carboxylic acids is 1. The van der Waals surface area contributed by atoms with Gasteiger partial charge < -0.3 is 20.5 Å². The number of carbonyl (C=O) groups is 1. The molecule has 0 spiro atoms. The highest BCUT2D eigenvalue weighted by atomic mass is 32.2. The number of urea groups is 1. The van der Waals surface area contributed by atoms with Crippen LogP contribution in [-0.4, -0.2) is 57.0 Å². The van der Waals surface area contributed by atoms with E-state index in [4.69, 9.17) is 4.74 Å². The molecule has 0 unspecified atom stereocenters. The van der Waals surface area contributed by atoms with Crippen LogP contribution in [0.4, 0.5) is 9.18 Å². The Morgan fingerprint density at radius 2 is 1.96 bits per heavy atom. The topological polar surface area (TPSA) is 117 Å². The van der Waals surface area contributed by atoms with Crippen LogP contribution in [0.15, 0.2) is 29.2 Å². The van der Waals surface area contributed by atoms with Crippen molar-refractivity contribution in [3.8, 4) is 0 Å². The maximum Gasteiger partial charge on any atom is 0.315 e. The first-order chi connectivity index (χ1) is 13.2. The Bertz CT molecular complexity index is 742. The Kier molecular flexibility index (Phi) is 8.17. The summed E-state index contributed by atoms with van der Waals surface area (Å²) in [6.07, 6.45) is 0.875. The molecule has 0 bridgehead atoms. The van der Waals surface area contributed by atoms with Gasteiger partial charge in [-0.2, -0.15) is 0 Å². The Morgan fingerprint density at radius 1 is 1.29 bits per heavy atom. The molecule has 0 saturated carbocycles. The SMILES string of the molecule is CC(C)NC(=O)N[C@@H]1CC[C@@H](CCNS(=O)(=O)c2ccc(F)cc2)O[C@@H]1CO. The zero-order chi connectivity index (χ0) is 20.7. The van der Waals surface area contributed by atoms with E-state index in [9.17, 15) is 22.7 Å². The van der Waals surface area contributed by atoms with Gasteiger partial charge in [-0.25, -0.2) is 22.3 Å². The van der Waals surface area contributed by atoms with E-state index in [2.05, 4.69) is 15.4 Å². The molecule has 4 N–H and O–H groups in total. The summed E-state index contributed by atoms with van der Waals surface area (Å²) in [5.74, 6) is -0.505. The summed E-state index contributed by atoms with van der Waals surface area (Å²) < 4.78 is 45.6. The second-order valence-electron chi connectivity index (χ2n) is 7.08. The van der Waals surface area contributed by atoms with Gasteiger partial charge in [0.15, 0.2) is 0 Å². The molecule has 10 heteroatoms. The number of nitrogens with one attached hydrogen (secondary N) is 3. The molecule has 0 aromatic heterocycles. The average molecular weight is 418 g/mol. The first-order valence-electron chi connectivity index (χ1n) is 9.30. The first kappa shape index (κ1) is 22.5. The molecular formula is C18H28FN3O5S. The largest absolute Gasteiger partial charge is 0.394 e. The number of aliphatic hydroxyl groups excluding tert-OH is 1. The van der Waals surface area contributed by atoms with E-state index in [1.807, 2.05) is 13.8 Å². The summed E-state index contributed by atoms with van der Waals surface area (Å²) in [5.41, 5.74) is 0. The van der Waals surface area contributed by atoms with Gasteiger partial charge in [0.1, 0.15) is 11.9 Å². The van der Waals surface area contributed by atoms with E-state index in [0.717, 1.165) is 12.1 Å². The van der Waals surface area contributed by atoms with E-state index < -0.39 is 21.9 Å². The highest BCUT2D eigenvalue weighted by Crippen LogP contribution is 2.22. The molecule has 0 radical (unpaired) electrons. The molecule has 1 aliphatic heterocycles. The van der Waals surface area contributed by atoms with Crippen molar-refractivity contribution in [1.29, 1.82) is 0 Å². The zero-order valence-electron chi connectivity index (χ0n) is 16.0. The normalized spacial score (nSPS) is 22.8. The van der Waals surface area contributed by atoms with Crippen molar-refractivity contribution in [1.82, 2.24) is 15.4 Å². The lowest BCUT2D eigenvalue weighted by atomic mass is 9.97. The van der Waals surface area contributed by atoms with Gasteiger partial charge in [-0.1, -0.05) is 0 Å². The van der Waals surface area contributed by atoms with Crippen LogP contribution in [0.5, 0.6) is 0 Å². The predicted octanol–water partition coefficient (Wildman–Crippen LogP) is 1.11. The molecule has 1 fully saturated rings. The number of amides is 2. The van der Waals surface area contributed by atoms with Gasteiger partial charge in [-0.05, 0) is 57.4 Å². The van der Waals surface area contributed by atoms with Gasteiger partial charge in [0.25, 0.3) is 0 Å². The molecule has 1 aliphatic rings. The number of ether oxygens (including phenoxy) is 1. The minimum absolute atomic E-state index is 0.000959. The Balaban J connectivity index is 1.81. The number of sulfonamides is 1. The van der Waals surface area contributed by atoms with Crippen LogP contribution in [0.2, 0.25) is 0 Å². The molecule has 1 aromatic rings. The van der Waals surface area contributed by atoms with Crippen LogP contribution in [-0.2, 0) is 14.8 Å². The van der Waals surface area contributed by atoms with E-state index >= 15 is 0 Å². The summed E-state index contributed by atoms with van der Waals surface area (Å²) in [4.78, 5) is 11.8. The molecule has 1 saturated heterocycles. The van der Waals surface area contributed by atoms with Crippen molar-refractivity contribution in [3.05, 3.63) is 30.1 Å². The van der Waals surface area contributed by atoms with Crippen LogP contribution < -0.4 is 15.4 Å². The van der Waals surface area contributed by atoms with Gasteiger partial charge in [-0.15, -0.1) is 0 Å². The van der Waals surface area contributed by atoms with E-state index in [-0.39, 0.29) is 42.3 Å². The standard InChI is InChI=1S/C18H28FN3O5S/c1-12(2)21-18(24)22-16-8-5-14(27-17(16)11-23)9-10-20-28(25,26)15-6-3-13(19)4-7-15/h3-4,6-7,12,14,16-17,20,23H,5,8-11H2,1-2H3,(H2,21,22,24)/t14-,16+,17+/m0/s1. The third-order valence-electron chi connectivity index (χ3n) is 4.41. The number of aliphatic hydroxyl groups is 1. The molecule has 3 atom stereocenters. The highest BCUT2D eigenvalue weighted by molar-refractivity contribution is 7.89. The van der Waals surface area contributed by atoms with Crippen molar-refractivity contribution in [2.24, 2.45) is 0 Å². The molecule has 1 aromatic carbocycles. The second kappa shape index (κ2) is 10.1. The fraction of sp³-hybridized carbons (Fsp3) is 0.611. The molecule has 158 valence electrons. The molecule has 1 heterocycles. The van der Waals surface area contributed by atoms with Crippen molar-refractivity contribution >= 4 is 16.1 Å². The van der Waals surface area contributed by atoms with Gasteiger partial charge in [0, 0.05) is 12.6 Å². The Hall–Kier alpha value is -1.75. The van der Waals surface area contributed by atoms with Crippen LogP contribution >= 0.6 is 0 Å². The molecule has 2 amide bonds. The quantitative estimate of drug-likeness (QED) is 0.506. The summed E-state index contributed by atoms with van der Waals surface area (Å²) in [5, 5.41) is 15.1. The number of hydrogen-bond donors (Lipinski definition) is 4. The van der Waals surface area contributed by atoms with Gasteiger partial charge >= 0.3 is 6.03 Å². The van der Waals surface area contributed by atoms with Crippen LogP contribution in [0.25, 0.3) is 0 Å². The van der Waals surface area contributed by atoms with E-state index in [1.165, 1.54) is 12.1 Å². The molecular weight excluding hydrogens is 389 g/mol. The molecule has 28 heavy (non-hydrogen) atoms. The Labute approximate surface area is 164 Å². The third kappa shape index (κ3) is 6.69. The molecule has 0 aliphatic carbocycles. The molecule has 2 rings (SSSR count). The van der Waals surface area contributed by atoms with Crippen LogP contribution in [0.3, 0.4) is 0 Å².